The molecule has 0 aliphatic rings. The summed E-state index contributed by atoms with van der Waals surface area (Å²) in [5, 5.41) is 5.16. The minimum atomic E-state index is -0.0698. The highest BCUT2D eigenvalue weighted by Crippen LogP contribution is 2.19. The van der Waals surface area contributed by atoms with Crippen LogP contribution in [-0.2, 0) is 6.54 Å². The number of thiophene rings is 1. The van der Waals surface area contributed by atoms with Crippen molar-refractivity contribution >= 4 is 39.0 Å². The lowest BCUT2D eigenvalue weighted by Crippen LogP contribution is -2.13. The topological polar surface area (TPSA) is 57.8 Å². The zero-order chi connectivity index (χ0) is 13.9. The second-order valence-electron chi connectivity index (χ2n) is 4.23. The summed E-state index contributed by atoms with van der Waals surface area (Å²) in [5.74, 6) is 0.649. The molecule has 0 unspecified atom stereocenters. The van der Waals surface area contributed by atoms with Gasteiger partial charge in [0, 0.05) is 10.6 Å². The third kappa shape index (κ3) is 2.71. The molecule has 3 aromatic rings. The Morgan fingerprint density at radius 2 is 2.30 bits per heavy atom. The minimum Gasteiger partial charge on any atom is -0.378 e. The minimum absolute atomic E-state index is 0.0698. The summed E-state index contributed by atoms with van der Waals surface area (Å²) in [6, 6.07) is 10.0. The Hall–Kier alpha value is -1.79. The van der Waals surface area contributed by atoms with Crippen molar-refractivity contribution in [3.63, 3.8) is 0 Å². The number of H-pyrrole nitrogens is 1. The van der Waals surface area contributed by atoms with Crippen molar-refractivity contribution in [3.05, 3.63) is 51.9 Å². The van der Waals surface area contributed by atoms with E-state index in [1.807, 2.05) is 29.8 Å². The van der Waals surface area contributed by atoms with Crippen LogP contribution in [0.4, 0.5) is 5.69 Å². The van der Waals surface area contributed by atoms with E-state index in [-0.39, 0.29) is 5.56 Å². The summed E-state index contributed by atoms with van der Waals surface area (Å²) >= 11 is 3.11. The highest BCUT2D eigenvalue weighted by atomic mass is 32.2. The molecule has 1 aromatic carbocycles. The van der Waals surface area contributed by atoms with Gasteiger partial charge in [-0.05, 0) is 35.9 Å². The second-order valence-corrected chi connectivity index (χ2v) is 6.03. The van der Waals surface area contributed by atoms with Crippen LogP contribution in [0.25, 0.3) is 10.2 Å². The monoisotopic (exact) mass is 303 g/mol. The number of nitrogens with zero attached hydrogens (tertiary/aromatic N) is 1. The maximum absolute atomic E-state index is 11.9. The van der Waals surface area contributed by atoms with Gasteiger partial charge in [-0.3, -0.25) is 4.79 Å². The van der Waals surface area contributed by atoms with Gasteiger partial charge in [-0.25, -0.2) is 4.98 Å². The third-order valence-corrected chi connectivity index (χ3v) is 4.52. The Kier molecular flexibility index (Phi) is 3.75. The highest BCUT2D eigenvalue weighted by molar-refractivity contribution is 7.98. The molecule has 0 atom stereocenters. The van der Waals surface area contributed by atoms with Gasteiger partial charge in [-0.15, -0.1) is 23.1 Å². The van der Waals surface area contributed by atoms with E-state index in [9.17, 15) is 4.79 Å². The molecule has 6 heteroatoms. The molecule has 2 heterocycles. The molecule has 0 radical (unpaired) electrons. The van der Waals surface area contributed by atoms with Crippen molar-refractivity contribution in [1.29, 1.82) is 0 Å². The Bertz CT molecular complexity index is 794. The van der Waals surface area contributed by atoms with Crippen LogP contribution in [0.3, 0.4) is 0 Å². The molecular formula is C14H13N3OS2. The molecule has 102 valence electrons. The van der Waals surface area contributed by atoms with E-state index < -0.39 is 0 Å². The van der Waals surface area contributed by atoms with Crippen molar-refractivity contribution in [2.45, 2.75) is 11.4 Å². The Labute approximate surface area is 124 Å². The van der Waals surface area contributed by atoms with Crippen molar-refractivity contribution < 1.29 is 0 Å². The Morgan fingerprint density at radius 1 is 1.40 bits per heavy atom. The molecule has 4 nitrogen and oxygen atoms in total. The fourth-order valence-electron chi connectivity index (χ4n) is 1.92. The van der Waals surface area contributed by atoms with E-state index in [2.05, 4.69) is 27.4 Å². The second kappa shape index (κ2) is 5.68. The first-order chi connectivity index (χ1) is 9.76. The smallest absolute Gasteiger partial charge is 0.268 e. The summed E-state index contributed by atoms with van der Waals surface area (Å²) in [6.07, 6.45) is 2.04. The predicted molar refractivity (Wildman–Crippen MR) is 85.8 cm³/mol. The maximum atomic E-state index is 11.9. The number of anilines is 1. The van der Waals surface area contributed by atoms with Gasteiger partial charge < -0.3 is 10.3 Å². The van der Waals surface area contributed by atoms with E-state index in [0.29, 0.717) is 17.1 Å². The van der Waals surface area contributed by atoms with Crippen LogP contribution in [0.15, 0.2) is 45.4 Å². The zero-order valence-corrected chi connectivity index (χ0v) is 12.5. The standard InChI is InChI=1S/C14H13N3OS2/c1-19-10-4-2-3-9(7-10)15-8-12-16-11-5-6-20-13(11)14(18)17-12/h2-7,15H,8H2,1H3,(H,16,17,18). The van der Waals surface area contributed by atoms with Gasteiger partial charge in [0.1, 0.15) is 10.5 Å². The molecule has 3 rings (SSSR count). The summed E-state index contributed by atoms with van der Waals surface area (Å²) < 4.78 is 0.679. The van der Waals surface area contributed by atoms with Crippen molar-refractivity contribution in [2.24, 2.45) is 0 Å². The average molecular weight is 303 g/mol. The number of aromatic amines is 1. The Balaban J connectivity index is 1.80. The molecule has 0 fully saturated rings. The lowest BCUT2D eigenvalue weighted by molar-refractivity contribution is 0.955. The van der Waals surface area contributed by atoms with Gasteiger partial charge in [0.2, 0.25) is 0 Å². The number of hydrogen-bond acceptors (Lipinski definition) is 5. The summed E-state index contributed by atoms with van der Waals surface area (Å²) in [5.41, 5.74) is 1.71. The largest absolute Gasteiger partial charge is 0.378 e. The first-order valence-electron chi connectivity index (χ1n) is 6.10. The van der Waals surface area contributed by atoms with Crippen LogP contribution in [-0.4, -0.2) is 16.2 Å². The molecule has 2 N–H and O–H groups in total. The Morgan fingerprint density at radius 3 is 3.15 bits per heavy atom. The molecule has 0 bridgehead atoms. The van der Waals surface area contributed by atoms with Gasteiger partial charge in [0.25, 0.3) is 5.56 Å². The SMILES string of the molecule is CSc1cccc(NCc2nc3ccsc3c(=O)[nH]2)c1. The molecule has 20 heavy (non-hydrogen) atoms. The van der Waals surface area contributed by atoms with Crippen LogP contribution in [0.2, 0.25) is 0 Å². The van der Waals surface area contributed by atoms with E-state index in [4.69, 9.17) is 0 Å². The quantitative estimate of drug-likeness (QED) is 0.726. The molecule has 0 saturated carbocycles. The zero-order valence-electron chi connectivity index (χ0n) is 10.8. The van der Waals surface area contributed by atoms with Crippen LogP contribution < -0.4 is 10.9 Å². The lowest BCUT2D eigenvalue weighted by atomic mass is 10.3. The molecule has 2 aromatic heterocycles. The number of benzene rings is 1. The van der Waals surface area contributed by atoms with E-state index in [0.717, 1.165) is 11.2 Å². The first kappa shape index (κ1) is 13.2. The maximum Gasteiger partial charge on any atom is 0.268 e. The molecule has 0 aliphatic carbocycles. The first-order valence-corrected chi connectivity index (χ1v) is 8.21. The van der Waals surface area contributed by atoms with Gasteiger partial charge in [-0.2, -0.15) is 0 Å². The molecule has 0 amide bonds. The summed E-state index contributed by atoms with van der Waals surface area (Å²) in [6.45, 7) is 0.499. The molecule has 0 spiro atoms. The number of nitrogens with one attached hydrogen (secondary N) is 2. The number of rotatable bonds is 4. The van der Waals surface area contributed by atoms with Crippen molar-refractivity contribution in [3.8, 4) is 0 Å². The van der Waals surface area contributed by atoms with Gasteiger partial charge in [0.05, 0.1) is 12.1 Å². The average Bonchev–Trinajstić information content (AvgIpc) is 2.94. The van der Waals surface area contributed by atoms with Gasteiger partial charge >= 0.3 is 0 Å². The number of aromatic nitrogens is 2. The molecular weight excluding hydrogens is 290 g/mol. The number of thioether (sulfide) groups is 1. The van der Waals surface area contributed by atoms with Crippen LogP contribution in [0.1, 0.15) is 5.82 Å². The van der Waals surface area contributed by atoms with E-state index in [1.54, 1.807) is 11.8 Å². The normalized spacial score (nSPS) is 10.8. The summed E-state index contributed by atoms with van der Waals surface area (Å²) in [4.78, 5) is 20.3. The highest BCUT2D eigenvalue weighted by Gasteiger charge is 2.04. The van der Waals surface area contributed by atoms with Crippen LogP contribution >= 0.6 is 23.1 Å². The lowest BCUT2D eigenvalue weighted by Gasteiger charge is -2.07. The molecule has 0 aliphatic heterocycles. The van der Waals surface area contributed by atoms with E-state index >= 15 is 0 Å². The predicted octanol–water partition coefficient (Wildman–Crippen LogP) is 3.32. The number of hydrogen-bond donors (Lipinski definition) is 2. The van der Waals surface area contributed by atoms with Gasteiger partial charge in [-0.1, -0.05) is 6.07 Å². The fraction of sp³-hybridized carbons (Fsp3) is 0.143. The van der Waals surface area contributed by atoms with Gasteiger partial charge in [0.15, 0.2) is 0 Å². The van der Waals surface area contributed by atoms with E-state index in [1.165, 1.54) is 16.2 Å². The third-order valence-electron chi connectivity index (χ3n) is 2.89. The van der Waals surface area contributed by atoms with Crippen LogP contribution in [0, 0.1) is 0 Å². The van der Waals surface area contributed by atoms with Crippen molar-refractivity contribution in [2.75, 3.05) is 11.6 Å². The fourth-order valence-corrected chi connectivity index (χ4v) is 3.11. The molecule has 0 saturated heterocycles. The summed E-state index contributed by atoms with van der Waals surface area (Å²) in [7, 11) is 0. The van der Waals surface area contributed by atoms with Crippen LogP contribution in [0.5, 0.6) is 0 Å². The van der Waals surface area contributed by atoms with Crippen molar-refractivity contribution in [1.82, 2.24) is 9.97 Å². The number of fused-ring (bicyclic) bond motifs is 1.